The van der Waals surface area contributed by atoms with Crippen LogP contribution in [0.3, 0.4) is 0 Å². The number of benzene rings is 1. The zero-order valence-corrected chi connectivity index (χ0v) is 19.7. The highest BCUT2D eigenvalue weighted by Gasteiger charge is 2.14. The van der Waals surface area contributed by atoms with Gasteiger partial charge in [-0.3, -0.25) is 4.99 Å². The van der Waals surface area contributed by atoms with E-state index in [-0.39, 0.29) is 24.0 Å². The van der Waals surface area contributed by atoms with Crippen molar-refractivity contribution in [2.45, 2.75) is 26.9 Å². The lowest BCUT2D eigenvalue weighted by atomic mass is 10.1. The maximum atomic E-state index is 5.47. The molecule has 7 nitrogen and oxygen atoms in total. The fourth-order valence-corrected chi connectivity index (χ4v) is 3.29. The number of hydrogen-bond donors (Lipinski definition) is 2. The van der Waals surface area contributed by atoms with Crippen molar-refractivity contribution in [2.75, 3.05) is 28.4 Å². The van der Waals surface area contributed by atoms with Crippen LogP contribution in [-0.2, 0) is 13.1 Å². The minimum atomic E-state index is 0. The normalized spacial score (nSPS) is 10.8. The molecule has 1 aromatic heterocycles. The molecule has 0 amide bonds. The first-order valence-corrected chi connectivity index (χ1v) is 9.00. The molecule has 0 unspecified atom stereocenters. The lowest BCUT2D eigenvalue weighted by Gasteiger charge is -2.17. The van der Waals surface area contributed by atoms with Gasteiger partial charge in [-0.25, -0.2) is 4.98 Å². The van der Waals surface area contributed by atoms with Crippen molar-refractivity contribution >= 4 is 41.3 Å². The highest BCUT2D eigenvalue weighted by Crippen LogP contribution is 2.33. The van der Waals surface area contributed by atoms with Gasteiger partial charge in [-0.1, -0.05) is 0 Å². The van der Waals surface area contributed by atoms with Gasteiger partial charge in [0, 0.05) is 24.1 Å². The van der Waals surface area contributed by atoms with E-state index in [2.05, 4.69) is 27.5 Å². The summed E-state index contributed by atoms with van der Waals surface area (Å²) in [6.45, 7) is 5.21. The Kier molecular flexibility index (Phi) is 9.64. The van der Waals surface area contributed by atoms with Crippen LogP contribution >= 0.6 is 35.3 Å². The van der Waals surface area contributed by atoms with Gasteiger partial charge in [0.2, 0.25) is 0 Å². The molecule has 27 heavy (non-hydrogen) atoms. The molecule has 0 spiro atoms. The second-order valence-corrected chi connectivity index (χ2v) is 6.83. The van der Waals surface area contributed by atoms with E-state index in [1.54, 1.807) is 39.7 Å². The predicted molar refractivity (Wildman–Crippen MR) is 120 cm³/mol. The molecule has 9 heteroatoms. The number of aromatic nitrogens is 1. The summed E-state index contributed by atoms with van der Waals surface area (Å²) in [6.07, 6.45) is 0. The number of rotatable bonds is 7. The summed E-state index contributed by atoms with van der Waals surface area (Å²) in [4.78, 5) is 10.0. The van der Waals surface area contributed by atoms with Gasteiger partial charge in [0.05, 0.1) is 45.7 Å². The molecule has 0 radical (unpaired) electrons. The average molecular weight is 506 g/mol. The molecule has 0 saturated heterocycles. The molecule has 2 rings (SSSR count). The summed E-state index contributed by atoms with van der Waals surface area (Å²) in [5.41, 5.74) is 1.96. The van der Waals surface area contributed by atoms with Crippen LogP contribution in [0.2, 0.25) is 0 Å². The van der Waals surface area contributed by atoms with Crippen molar-refractivity contribution in [3.05, 3.63) is 33.3 Å². The first-order chi connectivity index (χ1) is 12.5. The molecular formula is C18H27IN4O3S. The number of aryl methyl sites for hydroxylation is 2. The van der Waals surface area contributed by atoms with Gasteiger partial charge in [0.25, 0.3) is 0 Å². The summed E-state index contributed by atoms with van der Waals surface area (Å²) < 4.78 is 16.2. The minimum absolute atomic E-state index is 0. The van der Waals surface area contributed by atoms with Crippen LogP contribution in [0.15, 0.2) is 17.1 Å². The summed E-state index contributed by atoms with van der Waals surface area (Å²) >= 11 is 1.69. The Hall–Kier alpha value is -1.75. The van der Waals surface area contributed by atoms with E-state index >= 15 is 0 Å². The third-order valence-corrected chi connectivity index (χ3v) is 5.03. The average Bonchev–Trinajstić information content (AvgIpc) is 2.98. The maximum Gasteiger partial charge on any atom is 0.191 e. The summed E-state index contributed by atoms with van der Waals surface area (Å²) in [7, 11) is 6.59. The van der Waals surface area contributed by atoms with Crippen molar-refractivity contribution in [1.29, 1.82) is 0 Å². The van der Waals surface area contributed by atoms with Crippen LogP contribution in [0, 0.1) is 13.8 Å². The Morgan fingerprint density at radius 3 is 2.07 bits per heavy atom. The fourth-order valence-electron chi connectivity index (χ4n) is 2.42. The number of nitrogens with one attached hydrogen (secondary N) is 2. The number of ether oxygens (including phenoxy) is 3. The molecule has 150 valence electrons. The molecule has 1 aromatic carbocycles. The predicted octanol–water partition coefficient (Wildman–Crippen LogP) is 3.27. The molecular weight excluding hydrogens is 479 g/mol. The van der Waals surface area contributed by atoms with E-state index in [4.69, 9.17) is 14.2 Å². The minimum Gasteiger partial charge on any atom is -0.496 e. The van der Waals surface area contributed by atoms with Gasteiger partial charge in [0.15, 0.2) is 5.96 Å². The second-order valence-electron chi connectivity index (χ2n) is 5.54. The Morgan fingerprint density at radius 2 is 1.63 bits per heavy atom. The molecule has 0 saturated carbocycles. The Balaban J connectivity index is 0.00000364. The van der Waals surface area contributed by atoms with Crippen molar-refractivity contribution in [3.8, 4) is 17.2 Å². The van der Waals surface area contributed by atoms with Gasteiger partial charge < -0.3 is 24.8 Å². The number of nitrogens with zero attached hydrogens (tertiary/aromatic N) is 2. The van der Waals surface area contributed by atoms with Crippen LogP contribution in [0.4, 0.5) is 0 Å². The zero-order chi connectivity index (χ0) is 19.1. The monoisotopic (exact) mass is 506 g/mol. The lowest BCUT2D eigenvalue weighted by Crippen LogP contribution is -2.36. The quantitative estimate of drug-likeness (QED) is 0.341. The molecule has 0 aliphatic heterocycles. The Morgan fingerprint density at radius 1 is 1.04 bits per heavy atom. The Labute approximate surface area is 181 Å². The maximum absolute atomic E-state index is 5.47. The van der Waals surface area contributed by atoms with E-state index in [0.29, 0.717) is 36.3 Å². The molecule has 0 aliphatic carbocycles. The molecule has 0 bridgehead atoms. The number of aliphatic imine (C=N–C) groups is 1. The molecule has 1 heterocycles. The Bertz CT molecular complexity index is 735. The number of halogens is 1. The van der Waals surface area contributed by atoms with Crippen LogP contribution in [0.5, 0.6) is 17.2 Å². The zero-order valence-electron chi connectivity index (χ0n) is 16.5. The SMILES string of the molecule is CN=C(NCc1nc(C)c(C)s1)NCc1c(OC)cc(OC)cc1OC.I. The van der Waals surface area contributed by atoms with E-state index in [1.807, 2.05) is 19.1 Å². The number of methoxy groups -OCH3 is 3. The van der Waals surface area contributed by atoms with E-state index in [1.165, 1.54) is 4.88 Å². The topological polar surface area (TPSA) is 77.0 Å². The first kappa shape index (κ1) is 23.3. The summed E-state index contributed by atoms with van der Waals surface area (Å²) in [6, 6.07) is 3.66. The fraction of sp³-hybridized carbons (Fsp3) is 0.444. The highest BCUT2D eigenvalue weighted by atomic mass is 127. The lowest BCUT2D eigenvalue weighted by molar-refractivity contribution is 0.368. The van der Waals surface area contributed by atoms with Crippen molar-refractivity contribution in [3.63, 3.8) is 0 Å². The number of hydrogen-bond acceptors (Lipinski definition) is 6. The van der Waals surface area contributed by atoms with E-state index in [9.17, 15) is 0 Å². The van der Waals surface area contributed by atoms with Crippen molar-refractivity contribution in [2.24, 2.45) is 4.99 Å². The van der Waals surface area contributed by atoms with E-state index in [0.717, 1.165) is 16.3 Å². The second kappa shape index (κ2) is 11.2. The highest BCUT2D eigenvalue weighted by molar-refractivity contribution is 14.0. The third kappa shape index (κ3) is 6.13. The van der Waals surface area contributed by atoms with Gasteiger partial charge in [-0.2, -0.15) is 0 Å². The smallest absolute Gasteiger partial charge is 0.191 e. The summed E-state index contributed by atoms with van der Waals surface area (Å²) in [5, 5.41) is 7.58. The summed E-state index contributed by atoms with van der Waals surface area (Å²) in [5.74, 6) is 2.74. The van der Waals surface area contributed by atoms with Crippen LogP contribution in [0.1, 0.15) is 21.1 Å². The first-order valence-electron chi connectivity index (χ1n) is 8.18. The molecule has 0 aliphatic rings. The third-order valence-electron chi connectivity index (χ3n) is 3.95. The van der Waals surface area contributed by atoms with Crippen molar-refractivity contribution < 1.29 is 14.2 Å². The van der Waals surface area contributed by atoms with Crippen LogP contribution in [-0.4, -0.2) is 39.3 Å². The number of guanidine groups is 1. The van der Waals surface area contributed by atoms with E-state index < -0.39 is 0 Å². The largest absolute Gasteiger partial charge is 0.496 e. The molecule has 2 aromatic rings. The molecule has 0 atom stereocenters. The molecule has 0 fully saturated rings. The van der Waals surface area contributed by atoms with Crippen LogP contribution in [0.25, 0.3) is 0 Å². The van der Waals surface area contributed by atoms with Crippen molar-refractivity contribution in [1.82, 2.24) is 15.6 Å². The van der Waals surface area contributed by atoms with Gasteiger partial charge in [-0.15, -0.1) is 35.3 Å². The van der Waals surface area contributed by atoms with Crippen LogP contribution < -0.4 is 24.8 Å². The standard InChI is InChI=1S/C18H26N4O3S.HI/c1-11-12(2)26-17(22-11)10-21-18(19-3)20-9-14-15(24-5)7-13(23-4)8-16(14)25-6;/h7-8H,9-10H2,1-6H3,(H2,19,20,21);1H. The van der Waals surface area contributed by atoms with Gasteiger partial charge in [0.1, 0.15) is 22.3 Å². The van der Waals surface area contributed by atoms with Gasteiger partial charge in [-0.05, 0) is 13.8 Å². The number of thiazole rings is 1. The van der Waals surface area contributed by atoms with Gasteiger partial charge >= 0.3 is 0 Å². The molecule has 2 N–H and O–H groups in total.